The number of rotatable bonds is 9. The van der Waals surface area contributed by atoms with Crippen molar-refractivity contribution in [2.45, 2.75) is 24.4 Å². The molecule has 3 aromatic rings. The maximum Gasteiger partial charge on any atom is 0.276 e. The number of methoxy groups -OCH3 is 1. The summed E-state index contributed by atoms with van der Waals surface area (Å²) in [5, 5.41) is 19.3. The van der Waals surface area contributed by atoms with Gasteiger partial charge in [0, 0.05) is 16.3 Å². The van der Waals surface area contributed by atoms with E-state index in [0.717, 1.165) is 16.9 Å². The van der Waals surface area contributed by atoms with Gasteiger partial charge in [-0.15, -0.1) is 10.2 Å². The molecule has 148 valence electrons. The fraction of sp³-hybridized carbons (Fsp3) is 0.300. The van der Waals surface area contributed by atoms with Gasteiger partial charge in [-0.1, -0.05) is 35.5 Å². The first-order valence-electron chi connectivity index (χ1n) is 8.71. The van der Waals surface area contributed by atoms with Crippen molar-refractivity contribution in [3.05, 3.63) is 59.1 Å². The second kappa shape index (κ2) is 9.93. The minimum Gasteiger partial charge on any atom is -0.497 e. The Morgan fingerprint density at radius 2 is 1.82 bits per heavy atom. The Labute approximate surface area is 172 Å². The van der Waals surface area contributed by atoms with Gasteiger partial charge >= 0.3 is 0 Å². The zero-order valence-corrected chi connectivity index (χ0v) is 17.1. The van der Waals surface area contributed by atoms with E-state index in [1.165, 1.54) is 11.8 Å². The summed E-state index contributed by atoms with van der Waals surface area (Å²) in [6, 6.07) is 14.8. The van der Waals surface area contributed by atoms with Gasteiger partial charge in [-0.2, -0.15) is 0 Å². The van der Waals surface area contributed by atoms with E-state index in [0.29, 0.717) is 21.9 Å². The van der Waals surface area contributed by atoms with Crippen molar-refractivity contribution in [1.82, 2.24) is 10.2 Å². The molecule has 1 N–H and O–H groups in total. The molecule has 0 aliphatic carbocycles. The van der Waals surface area contributed by atoms with Crippen LogP contribution in [0.1, 0.15) is 18.6 Å². The molecular weight excluding hydrogens is 400 g/mol. The van der Waals surface area contributed by atoms with Gasteiger partial charge in [0.25, 0.3) is 5.22 Å². The van der Waals surface area contributed by atoms with Crippen LogP contribution in [0.4, 0.5) is 0 Å². The van der Waals surface area contributed by atoms with E-state index in [-0.39, 0.29) is 12.7 Å². The lowest BCUT2D eigenvalue weighted by atomic mass is 10.1. The lowest BCUT2D eigenvalue weighted by Crippen LogP contribution is -2.19. The first kappa shape index (κ1) is 20.7. The monoisotopic (exact) mass is 420 g/mol. The normalized spacial score (nSPS) is 13.3. The average Bonchev–Trinajstić information content (AvgIpc) is 3.20. The molecule has 28 heavy (non-hydrogen) atoms. The summed E-state index contributed by atoms with van der Waals surface area (Å²) in [5.41, 5.74) is 1.81. The maximum atomic E-state index is 10.2. The Hall–Kier alpha value is -2.06. The predicted octanol–water partition coefficient (Wildman–Crippen LogP) is 4.63. The van der Waals surface area contributed by atoms with E-state index in [1.54, 1.807) is 7.11 Å². The van der Waals surface area contributed by atoms with E-state index >= 15 is 0 Å². The van der Waals surface area contributed by atoms with Crippen LogP contribution in [0.25, 0.3) is 11.5 Å². The summed E-state index contributed by atoms with van der Waals surface area (Å²) < 4.78 is 16.5. The fourth-order valence-electron chi connectivity index (χ4n) is 2.42. The second-order valence-corrected chi connectivity index (χ2v) is 7.50. The molecule has 0 amide bonds. The van der Waals surface area contributed by atoms with Gasteiger partial charge in [-0.05, 0) is 48.9 Å². The summed E-state index contributed by atoms with van der Waals surface area (Å²) in [6.07, 6.45) is -0.793. The number of halogens is 1. The lowest BCUT2D eigenvalue weighted by molar-refractivity contribution is 0.00618. The number of hydrogen-bond acceptors (Lipinski definition) is 7. The van der Waals surface area contributed by atoms with Crippen molar-refractivity contribution in [1.29, 1.82) is 0 Å². The largest absolute Gasteiger partial charge is 0.497 e. The van der Waals surface area contributed by atoms with Crippen LogP contribution < -0.4 is 4.74 Å². The van der Waals surface area contributed by atoms with Gasteiger partial charge in [0.05, 0.1) is 25.9 Å². The smallest absolute Gasteiger partial charge is 0.276 e. The van der Waals surface area contributed by atoms with Crippen LogP contribution in [0.2, 0.25) is 5.02 Å². The summed E-state index contributed by atoms with van der Waals surface area (Å²) in [4.78, 5) is 0. The van der Waals surface area contributed by atoms with Crippen LogP contribution in [0.5, 0.6) is 5.75 Å². The first-order valence-corrected chi connectivity index (χ1v) is 10.1. The van der Waals surface area contributed by atoms with Crippen molar-refractivity contribution < 1.29 is 19.0 Å². The number of nitrogens with zero attached hydrogens (tertiary/aromatic N) is 2. The van der Waals surface area contributed by atoms with Gasteiger partial charge < -0.3 is 19.0 Å². The summed E-state index contributed by atoms with van der Waals surface area (Å²) >= 11 is 7.18. The highest BCUT2D eigenvalue weighted by Gasteiger charge is 2.14. The molecule has 6 nitrogen and oxygen atoms in total. The van der Waals surface area contributed by atoms with Crippen LogP contribution >= 0.6 is 23.4 Å². The zero-order chi connectivity index (χ0) is 19.9. The minimum absolute atomic E-state index is 0.137. The number of hydrogen-bond donors (Lipinski definition) is 1. The minimum atomic E-state index is -0.656. The highest BCUT2D eigenvalue weighted by atomic mass is 35.5. The van der Waals surface area contributed by atoms with Crippen LogP contribution in [0.3, 0.4) is 0 Å². The third-order valence-corrected chi connectivity index (χ3v) is 5.24. The Kier molecular flexibility index (Phi) is 7.33. The molecule has 0 saturated carbocycles. The molecule has 0 radical (unpaired) electrons. The first-order chi connectivity index (χ1) is 13.5. The Balaban J connectivity index is 1.46. The van der Waals surface area contributed by atoms with Gasteiger partial charge in [-0.25, -0.2) is 0 Å². The number of benzene rings is 2. The molecule has 0 fully saturated rings. The third kappa shape index (κ3) is 5.72. The Morgan fingerprint density at radius 3 is 2.50 bits per heavy atom. The topological polar surface area (TPSA) is 77.6 Å². The lowest BCUT2D eigenvalue weighted by Gasteiger charge is -2.16. The van der Waals surface area contributed by atoms with Crippen molar-refractivity contribution >= 4 is 23.4 Å². The molecule has 1 aromatic heterocycles. The molecule has 8 heteroatoms. The highest BCUT2D eigenvalue weighted by molar-refractivity contribution is 7.99. The zero-order valence-electron chi connectivity index (χ0n) is 15.5. The molecule has 2 aromatic carbocycles. The van der Waals surface area contributed by atoms with Crippen molar-refractivity contribution in [2.24, 2.45) is 0 Å². The van der Waals surface area contributed by atoms with Crippen molar-refractivity contribution in [2.75, 3.05) is 19.5 Å². The van der Waals surface area contributed by atoms with E-state index in [4.69, 9.17) is 25.5 Å². The van der Waals surface area contributed by atoms with Crippen molar-refractivity contribution in [3.63, 3.8) is 0 Å². The Morgan fingerprint density at radius 1 is 1.11 bits per heavy atom. The molecule has 0 saturated heterocycles. The van der Waals surface area contributed by atoms with Crippen LogP contribution in [0, 0.1) is 0 Å². The number of ether oxygens (including phenoxy) is 2. The van der Waals surface area contributed by atoms with Crippen LogP contribution in [-0.4, -0.2) is 40.9 Å². The summed E-state index contributed by atoms with van der Waals surface area (Å²) in [5.74, 6) is 1.57. The SMILES string of the molecule is COc1ccc(-c2nnc(SC[C@@H](O)CO[C@H](C)c3ccc(Cl)cc3)o2)cc1. The molecule has 0 unspecified atom stereocenters. The molecular formula is C20H21ClN2O4S. The number of aromatic nitrogens is 2. The molecule has 0 bridgehead atoms. The Bertz CT molecular complexity index is 871. The predicted molar refractivity (Wildman–Crippen MR) is 109 cm³/mol. The standard InChI is InChI=1S/C20H21ClN2O4S/c1-13(14-3-7-16(21)8-4-14)26-11-17(24)12-28-20-23-22-19(27-20)15-5-9-18(25-2)10-6-15/h3-10,13,17,24H,11-12H2,1-2H3/t13-,17+/m1/s1. The van der Waals surface area contributed by atoms with E-state index < -0.39 is 6.10 Å². The van der Waals surface area contributed by atoms with E-state index in [2.05, 4.69) is 10.2 Å². The van der Waals surface area contributed by atoms with Crippen LogP contribution in [0.15, 0.2) is 58.2 Å². The van der Waals surface area contributed by atoms with Gasteiger partial charge in [-0.3, -0.25) is 0 Å². The maximum absolute atomic E-state index is 10.2. The van der Waals surface area contributed by atoms with E-state index in [1.807, 2.05) is 55.5 Å². The number of aliphatic hydroxyl groups excluding tert-OH is 1. The van der Waals surface area contributed by atoms with Gasteiger partial charge in [0.1, 0.15) is 5.75 Å². The molecule has 0 aliphatic rings. The summed E-state index contributed by atoms with van der Waals surface area (Å²) in [6.45, 7) is 2.14. The fourth-order valence-corrected chi connectivity index (χ4v) is 3.21. The summed E-state index contributed by atoms with van der Waals surface area (Å²) in [7, 11) is 1.61. The molecule has 3 rings (SSSR count). The average molecular weight is 421 g/mol. The van der Waals surface area contributed by atoms with E-state index in [9.17, 15) is 5.11 Å². The highest BCUT2D eigenvalue weighted by Crippen LogP contribution is 2.25. The molecule has 2 atom stereocenters. The van der Waals surface area contributed by atoms with Crippen molar-refractivity contribution in [3.8, 4) is 17.2 Å². The van der Waals surface area contributed by atoms with Crippen LogP contribution in [-0.2, 0) is 4.74 Å². The molecule has 1 heterocycles. The van der Waals surface area contributed by atoms with Gasteiger partial charge in [0.2, 0.25) is 5.89 Å². The number of aliphatic hydroxyl groups is 1. The molecule has 0 spiro atoms. The number of thioether (sulfide) groups is 1. The third-order valence-electron chi connectivity index (χ3n) is 4.02. The molecule has 0 aliphatic heterocycles. The van der Waals surface area contributed by atoms with Gasteiger partial charge in [0.15, 0.2) is 0 Å². The second-order valence-electron chi connectivity index (χ2n) is 6.09. The quantitative estimate of drug-likeness (QED) is 0.505.